The second-order valence-electron chi connectivity index (χ2n) is 10.1. The predicted octanol–water partition coefficient (Wildman–Crippen LogP) is 4.31. The van der Waals surface area contributed by atoms with Gasteiger partial charge in [0.15, 0.2) is 0 Å². The Labute approximate surface area is 205 Å². The fraction of sp³-hybridized carbons (Fsp3) is 0.464. The molecule has 184 valence electrons. The zero-order valence-electron chi connectivity index (χ0n) is 19.9. The smallest absolute Gasteiger partial charge is 0.407 e. The number of benzene rings is 2. The Morgan fingerprint density at radius 2 is 1.66 bits per heavy atom. The van der Waals surface area contributed by atoms with E-state index in [9.17, 15) is 19.5 Å². The molecule has 7 nitrogen and oxygen atoms in total. The SMILES string of the molecule is CCC[C@@H](NC(=O)C1CC2CC(NC(=O)OCC3c4ccccc4-c4ccccc43)C2C1)C(=O)O. The Morgan fingerprint density at radius 1 is 1.00 bits per heavy atom. The Kier molecular flexibility index (Phi) is 6.50. The lowest BCUT2D eigenvalue weighted by Gasteiger charge is -2.40. The number of hydrogen-bond acceptors (Lipinski definition) is 4. The minimum absolute atomic E-state index is 0.000590. The fourth-order valence-electron chi connectivity index (χ4n) is 6.23. The van der Waals surface area contributed by atoms with Crippen molar-refractivity contribution in [2.75, 3.05) is 6.61 Å². The molecule has 0 radical (unpaired) electrons. The highest BCUT2D eigenvalue weighted by Gasteiger charge is 2.50. The molecule has 5 atom stereocenters. The summed E-state index contributed by atoms with van der Waals surface area (Å²) in [4.78, 5) is 36.7. The number of aliphatic carboxylic acids is 1. The highest BCUT2D eigenvalue weighted by molar-refractivity contribution is 5.85. The molecule has 3 N–H and O–H groups in total. The highest BCUT2D eigenvalue weighted by atomic mass is 16.5. The third-order valence-corrected chi connectivity index (χ3v) is 8.03. The van der Waals surface area contributed by atoms with Crippen LogP contribution in [0.3, 0.4) is 0 Å². The molecule has 2 fully saturated rings. The Morgan fingerprint density at radius 3 is 2.29 bits per heavy atom. The van der Waals surface area contributed by atoms with Crippen LogP contribution < -0.4 is 10.6 Å². The van der Waals surface area contributed by atoms with Gasteiger partial charge in [0.2, 0.25) is 5.91 Å². The summed E-state index contributed by atoms with van der Waals surface area (Å²) in [6, 6.07) is 15.7. The molecule has 3 aliphatic carbocycles. The third kappa shape index (κ3) is 4.51. The lowest BCUT2D eigenvalue weighted by Crippen LogP contribution is -2.50. The zero-order chi connectivity index (χ0) is 24.5. The van der Waals surface area contributed by atoms with Crippen LogP contribution in [0.5, 0.6) is 0 Å². The summed E-state index contributed by atoms with van der Waals surface area (Å²) < 4.78 is 5.68. The number of ether oxygens (including phenoxy) is 1. The monoisotopic (exact) mass is 476 g/mol. The lowest BCUT2D eigenvalue weighted by molar-refractivity contribution is -0.142. The quantitative estimate of drug-likeness (QED) is 0.527. The van der Waals surface area contributed by atoms with E-state index in [0.717, 1.165) is 12.8 Å². The minimum Gasteiger partial charge on any atom is -0.480 e. The van der Waals surface area contributed by atoms with Crippen LogP contribution in [0.1, 0.15) is 56.1 Å². The summed E-state index contributed by atoms with van der Waals surface area (Å²) >= 11 is 0. The van der Waals surface area contributed by atoms with E-state index in [2.05, 4.69) is 34.9 Å². The van der Waals surface area contributed by atoms with Crippen molar-refractivity contribution in [1.29, 1.82) is 0 Å². The molecular formula is C28H32N2O5. The average Bonchev–Trinajstić information content (AvgIpc) is 3.36. The number of carboxylic acid groups (broad SMARTS) is 1. The number of alkyl carbamates (subject to hydrolysis) is 1. The van der Waals surface area contributed by atoms with Crippen LogP contribution in [0.4, 0.5) is 4.79 Å². The molecule has 3 aliphatic rings. The number of hydrogen-bond donors (Lipinski definition) is 3. The molecule has 0 saturated heterocycles. The number of fused-ring (bicyclic) bond motifs is 4. The van der Waals surface area contributed by atoms with Gasteiger partial charge in [-0.25, -0.2) is 9.59 Å². The zero-order valence-corrected chi connectivity index (χ0v) is 19.9. The van der Waals surface area contributed by atoms with Gasteiger partial charge in [-0.3, -0.25) is 4.79 Å². The molecule has 0 aliphatic heterocycles. The van der Waals surface area contributed by atoms with E-state index in [4.69, 9.17) is 4.74 Å². The normalized spacial score (nSPS) is 24.9. The van der Waals surface area contributed by atoms with Crippen LogP contribution in [0.15, 0.2) is 48.5 Å². The molecule has 2 aromatic carbocycles. The van der Waals surface area contributed by atoms with E-state index < -0.39 is 18.1 Å². The maximum atomic E-state index is 12.6. The van der Waals surface area contributed by atoms with Crippen molar-refractivity contribution in [2.45, 2.75) is 57.0 Å². The third-order valence-electron chi connectivity index (χ3n) is 8.03. The lowest BCUT2D eigenvalue weighted by atomic mass is 9.71. The summed E-state index contributed by atoms with van der Waals surface area (Å²) in [5, 5.41) is 15.0. The molecule has 7 heteroatoms. The largest absolute Gasteiger partial charge is 0.480 e. The molecule has 2 amide bonds. The molecule has 0 aromatic heterocycles. The van der Waals surface area contributed by atoms with E-state index in [0.29, 0.717) is 25.2 Å². The first-order valence-electron chi connectivity index (χ1n) is 12.6. The molecule has 5 rings (SSSR count). The number of carboxylic acids is 1. The van der Waals surface area contributed by atoms with E-state index in [1.54, 1.807) is 0 Å². The topological polar surface area (TPSA) is 105 Å². The minimum atomic E-state index is -0.990. The Hall–Kier alpha value is -3.35. The molecule has 0 heterocycles. The number of carbonyl (C=O) groups excluding carboxylic acids is 2. The van der Waals surface area contributed by atoms with E-state index in [-0.39, 0.29) is 36.3 Å². The Balaban J connectivity index is 1.13. The molecule has 2 aromatic rings. The molecule has 0 spiro atoms. The summed E-state index contributed by atoms with van der Waals surface area (Å²) in [5.41, 5.74) is 4.74. The predicted molar refractivity (Wildman–Crippen MR) is 131 cm³/mol. The summed E-state index contributed by atoms with van der Waals surface area (Å²) in [5.74, 6) is -0.721. The van der Waals surface area contributed by atoms with Gasteiger partial charge in [-0.2, -0.15) is 0 Å². The van der Waals surface area contributed by atoms with Crippen molar-refractivity contribution in [3.63, 3.8) is 0 Å². The van der Waals surface area contributed by atoms with Gasteiger partial charge in [-0.15, -0.1) is 0 Å². The first-order valence-corrected chi connectivity index (χ1v) is 12.6. The average molecular weight is 477 g/mol. The van der Waals surface area contributed by atoms with Gasteiger partial charge in [0.25, 0.3) is 0 Å². The van der Waals surface area contributed by atoms with Crippen molar-refractivity contribution in [2.24, 2.45) is 17.8 Å². The van der Waals surface area contributed by atoms with Crippen molar-refractivity contribution in [3.05, 3.63) is 59.7 Å². The fourth-order valence-corrected chi connectivity index (χ4v) is 6.23. The maximum absolute atomic E-state index is 12.6. The maximum Gasteiger partial charge on any atom is 0.407 e. The van der Waals surface area contributed by atoms with Crippen LogP contribution in [0.2, 0.25) is 0 Å². The number of carbonyl (C=O) groups is 3. The van der Waals surface area contributed by atoms with Crippen molar-refractivity contribution in [1.82, 2.24) is 10.6 Å². The number of rotatable bonds is 8. The van der Waals surface area contributed by atoms with E-state index >= 15 is 0 Å². The van der Waals surface area contributed by atoms with Gasteiger partial charge < -0.3 is 20.5 Å². The van der Waals surface area contributed by atoms with Gasteiger partial charge in [-0.05, 0) is 59.8 Å². The Bertz CT molecular complexity index is 1090. The highest BCUT2D eigenvalue weighted by Crippen LogP contribution is 2.50. The first kappa shape index (κ1) is 23.4. The van der Waals surface area contributed by atoms with Gasteiger partial charge in [0.05, 0.1) is 0 Å². The van der Waals surface area contributed by atoms with Crippen molar-refractivity contribution < 1.29 is 24.2 Å². The molecule has 0 bridgehead atoms. The summed E-state index contributed by atoms with van der Waals surface area (Å²) in [7, 11) is 0. The molecule has 2 saturated carbocycles. The second-order valence-corrected chi connectivity index (χ2v) is 10.1. The van der Waals surface area contributed by atoms with Gasteiger partial charge in [0, 0.05) is 17.9 Å². The number of nitrogens with one attached hydrogen (secondary N) is 2. The molecular weight excluding hydrogens is 444 g/mol. The molecule has 4 unspecified atom stereocenters. The van der Waals surface area contributed by atoms with Crippen molar-refractivity contribution in [3.8, 4) is 11.1 Å². The van der Waals surface area contributed by atoms with Crippen LogP contribution in [0.25, 0.3) is 11.1 Å². The van der Waals surface area contributed by atoms with Gasteiger partial charge in [0.1, 0.15) is 12.6 Å². The van der Waals surface area contributed by atoms with E-state index in [1.165, 1.54) is 22.3 Å². The van der Waals surface area contributed by atoms with Crippen LogP contribution in [0, 0.1) is 17.8 Å². The van der Waals surface area contributed by atoms with Crippen LogP contribution in [-0.4, -0.2) is 41.8 Å². The summed E-state index contributed by atoms with van der Waals surface area (Å²) in [6.07, 6.45) is 2.94. The van der Waals surface area contributed by atoms with Gasteiger partial charge >= 0.3 is 12.1 Å². The van der Waals surface area contributed by atoms with Crippen molar-refractivity contribution >= 4 is 18.0 Å². The second kappa shape index (κ2) is 9.72. The summed E-state index contributed by atoms with van der Waals surface area (Å²) in [6.45, 7) is 2.18. The molecule has 35 heavy (non-hydrogen) atoms. The number of amides is 2. The van der Waals surface area contributed by atoms with E-state index in [1.807, 2.05) is 31.2 Å². The van der Waals surface area contributed by atoms with Crippen LogP contribution in [-0.2, 0) is 14.3 Å². The first-order chi connectivity index (χ1) is 17.0. The van der Waals surface area contributed by atoms with Gasteiger partial charge in [-0.1, -0.05) is 61.9 Å². The van der Waals surface area contributed by atoms with Crippen LogP contribution >= 0.6 is 0 Å². The standard InChI is InChI=1S/C28H32N2O5/c1-2-7-24(27(32)33)29-26(31)17-12-16-14-25(22(16)13-17)30-28(34)35-15-23-20-10-5-3-8-18(20)19-9-4-6-11-21(19)23/h3-6,8-11,16-17,22-25H,2,7,12-15H2,1H3,(H,29,31)(H,30,34)(H,32,33)/t16?,17?,22?,24-,25?/m1/s1.